The summed E-state index contributed by atoms with van der Waals surface area (Å²) in [5.41, 5.74) is 0.882. The molecule has 222 valence electrons. The lowest BCUT2D eigenvalue weighted by molar-refractivity contribution is -0.143. The highest BCUT2D eigenvalue weighted by Gasteiger charge is 2.44. The van der Waals surface area contributed by atoms with E-state index in [-0.39, 0.29) is 30.9 Å². The second kappa shape index (κ2) is 11.9. The molecule has 1 aromatic heterocycles. The molecule has 0 spiro atoms. The third-order valence-corrected chi connectivity index (χ3v) is 8.73. The lowest BCUT2D eigenvalue weighted by atomic mass is 9.91. The fraction of sp³-hybridized carbons (Fsp3) is 0.483. The van der Waals surface area contributed by atoms with Gasteiger partial charge in [0.05, 0.1) is 17.1 Å². The molecule has 0 saturated carbocycles. The molecular formula is C29H32ClFN6O5. The summed E-state index contributed by atoms with van der Waals surface area (Å²) in [6.45, 7) is 4.27. The highest BCUT2D eigenvalue weighted by molar-refractivity contribution is 6.30. The van der Waals surface area contributed by atoms with E-state index in [0.29, 0.717) is 54.4 Å². The third kappa shape index (κ3) is 5.70. The molecule has 2 aromatic rings. The van der Waals surface area contributed by atoms with E-state index in [4.69, 9.17) is 16.3 Å². The van der Waals surface area contributed by atoms with Crippen molar-refractivity contribution in [3.05, 3.63) is 52.4 Å². The number of pyridine rings is 1. The van der Waals surface area contributed by atoms with Gasteiger partial charge in [0.2, 0.25) is 23.6 Å². The van der Waals surface area contributed by atoms with Gasteiger partial charge < -0.3 is 15.0 Å². The number of amides is 4. The van der Waals surface area contributed by atoms with Crippen LogP contribution in [0, 0.1) is 5.82 Å². The molecule has 0 bridgehead atoms. The molecule has 1 unspecified atom stereocenters. The molecule has 6 rings (SSSR count). The molecule has 4 amide bonds. The smallest absolute Gasteiger partial charge is 0.261 e. The number of imide groups is 2. The monoisotopic (exact) mass is 598 g/mol. The fourth-order valence-electron chi connectivity index (χ4n) is 6.26. The number of nitrogens with one attached hydrogen (secondary N) is 2. The molecule has 4 aliphatic rings. The summed E-state index contributed by atoms with van der Waals surface area (Å²) in [4.78, 5) is 59.7. The largest absolute Gasteiger partial charge is 0.476 e. The summed E-state index contributed by atoms with van der Waals surface area (Å²) in [7, 11) is 0. The summed E-state index contributed by atoms with van der Waals surface area (Å²) in [5, 5.41) is 6.30. The Morgan fingerprint density at radius 2 is 1.86 bits per heavy atom. The van der Waals surface area contributed by atoms with Crippen molar-refractivity contribution in [2.75, 3.05) is 44.2 Å². The topological polar surface area (TPSA) is 124 Å². The van der Waals surface area contributed by atoms with Crippen molar-refractivity contribution in [1.82, 2.24) is 25.4 Å². The van der Waals surface area contributed by atoms with Gasteiger partial charge in [-0.2, -0.15) is 0 Å². The molecule has 1 atom stereocenters. The van der Waals surface area contributed by atoms with E-state index in [9.17, 15) is 19.2 Å². The van der Waals surface area contributed by atoms with Crippen molar-refractivity contribution < 1.29 is 28.3 Å². The third-order valence-electron chi connectivity index (χ3n) is 8.51. The normalized spacial score (nSPS) is 22.2. The highest BCUT2D eigenvalue weighted by Crippen LogP contribution is 2.37. The average Bonchev–Trinajstić information content (AvgIpc) is 2.94. The first-order valence-corrected chi connectivity index (χ1v) is 14.6. The summed E-state index contributed by atoms with van der Waals surface area (Å²) < 4.78 is 20.8. The van der Waals surface area contributed by atoms with Crippen LogP contribution in [0.1, 0.15) is 41.6 Å². The number of benzene rings is 1. The predicted octanol–water partition coefficient (Wildman–Crippen LogP) is 1.53. The van der Waals surface area contributed by atoms with Gasteiger partial charge in [-0.05, 0) is 37.5 Å². The first-order valence-electron chi connectivity index (χ1n) is 14.3. The zero-order valence-corrected chi connectivity index (χ0v) is 23.7. The SMILES string of the molecule is O=C1CCC(N2C(=O)Cc3c(ccc(F)c3N3CC(N4CCC(NCCOc5ccc(Cl)cn5)CC4)C3)C2=O)C(=O)N1. The Morgan fingerprint density at radius 1 is 1.07 bits per heavy atom. The van der Waals surface area contributed by atoms with E-state index in [1.54, 1.807) is 18.3 Å². The molecule has 5 heterocycles. The molecule has 1 aromatic carbocycles. The Bertz CT molecular complexity index is 1390. The summed E-state index contributed by atoms with van der Waals surface area (Å²) in [5.74, 6) is -2.20. The highest BCUT2D eigenvalue weighted by atomic mass is 35.5. The van der Waals surface area contributed by atoms with Crippen LogP contribution in [-0.4, -0.2) is 95.9 Å². The number of likely N-dealkylation sites (tertiary alicyclic amines) is 1. The molecular weight excluding hydrogens is 567 g/mol. The molecule has 3 fully saturated rings. The summed E-state index contributed by atoms with van der Waals surface area (Å²) in [6, 6.07) is 5.73. The summed E-state index contributed by atoms with van der Waals surface area (Å²) >= 11 is 5.85. The van der Waals surface area contributed by atoms with Crippen LogP contribution in [0.5, 0.6) is 5.88 Å². The molecule has 0 radical (unpaired) electrons. The molecule has 11 nitrogen and oxygen atoms in total. The number of aromatic nitrogens is 1. The Labute approximate surface area is 247 Å². The van der Waals surface area contributed by atoms with Gasteiger partial charge in [0.25, 0.3) is 5.91 Å². The number of ether oxygens (including phenoxy) is 1. The molecule has 4 aliphatic heterocycles. The van der Waals surface area contributed by atoms with E-state index in [1.807, 2.05) is 4.90 Å². The molecule has 42 heavy (non-hydrogen) atoms. The van der Waals surface area contributed by atoms with Crippen LogP contribution in [-0.2, 0) is 20.8 Å². The van der Waals surface area contributed by atoms with Gasteiger partial charge in [-0.25, -0.2) is 9.37 Å². The van der Waals surface area contributed by atoms with Gasteiger partial charge in [0.15, 0.2) is 0 Å². The maximum atomic E-state index is 15.1. The molecule has 3 saturated heterocycles. The zero-order chi connectivity index (χ0) is 29.4. The number of nitrogens with zero attached hydrogens (tertiary/aromatic N) is 4. The minimum Gasteiger partial charge on any atom is -0.476 e. The van der Waals surface area contributed by atoms with E-state index in [1.165, 1.54) is 12.1 Å². The Hall–Kier alpha value is -3.61. The number of anilines is 1. The standard InChI is InChI=1S/C29H32ClFN6O5/c30-17-1-6-25(33-14-17)42-12-9-32-18-7-10-35(11-8-18)19-15-36(16-19)27-21-13-26(39)37(23-4-5-24(38)34-28(23)40)29(41)20(21)2-3-22(27)31/h1-3,6,14,18-19,23,32H,4-5,7-13,15-16H2,(H,34,38,40). The Morgan fingerprint density at radius 3 is 2.57 bits per heavy atom. The Balaban J connectivity index is 1.01. The quantitative estimate of drug-likeness (QED) is 0.344. The van der Waals surface area contributed by atoms with Crippen molar-refractivity contribution in [2.45, 2.75) is 50.2 Å². The van der Waals surface area contributed by atoms with Crippen molar-refractivity contribution in [3.8, 4) is 5.88 Å². The van der Waals surface area contributed by atoms with E-state index < -0.39 is 35.5 Å². The number of hydrogen-bond donors (Lipinski definition) is 2. The van der Waals surface area contributed by atoms with Crippen LogP contribution in [0.25, 0.3) is 0 Å². The van der Waals surface area contributed by atoms with E-state index in [0.717, 1.165) is 30.8 Å². The lowest BCUT2D eigenvalue weighted by Gasteiger charge is -2.49. The maximum absolute atomic E-state index is 15.1. The summed E-state index contributed by atoms with van der Waals surface area (Å²) in [6.07, 6.45) is 3.49. The van der Waals surface area contributed by atoms with Crippen LogP contribution in [0.15, 0.2) is 30.5 Å². The number of rotatable bonds is 8. The van der Waals surface area contributed by atoms with Gasteiger partial charge in [-0.3, -0.25) is 34.3 Å². The van der Waals surface area contributed by atoms with Crippen molar-refractivity contribution in [3.63, 3.8) is 0 Å². The minimum atomic E-state index is -1.04. The number of piperidine rings is 2. The van der Waals surface area contributed by atoms with Crippen molar-refractivity contribution >= 4 is 40.9 Å². The van der Waals surface area contributed by atoms with Gasteiger partial charge in [-0.15, -0.1) is 0 Å². The van der Waals surface area contributed by atoms with Gasteiger partial charge >= 0.3 is 0 Å². The van der Waals surface area contributed by atoms with Crippen molar-refractivity contribution in [1.29, 1.82) is 0 Å². The molecule has 13 heteroatoms. The van der Waals surface area contributed by atoms with E-state index >= 15 is 4.39 Å². The second-order valence-electron chi connectivity index (χ2n) is 11.1. The van der Waals surface area contributed by atoms with Gasteiger partial charge in [-0.1, -0.05) is 11.6 Å². The van der Waals surface area contributed by atoms with Crippen LogP contribution in [0.3, 0.4) is 0 Å². The minimum absolute atomic E-state index is 0.0495. The van der Waals surface area contributed by atoms with Gasteiger partial charge in [0, 0.05) is 74.6 Å². The zero-order valence-electron chi connectivity index (χ0n) is 23.0. The number of halogens is 2. The van der Waals surface area contributed by atoms with Crippen LogP contribution >= 0.6 is 11.6 Å². The number of hydrogen-bond acceptors (Lipinski definition) is 9. The Kier molecular flexibility index (Phi) is 8.11. The van der Waals surface area contributed by atoms with Crippen LogP contribution in [0.2, 0.25) is 5.02 Å². The average molecular weight is 599 g/mol. The maximum Gasteiger partial charge on any atom is 0.261 e. The van der Waals surface area contributed by atoms with Crippen LogP contribution < -0.4 is 20.3 Å². The first kappa shape index (κ1) is 28.5. The van der Waals surface area contributed by atoms with E-state index in [2.05, 4.69) is 20.5 Å². The number of carbonyl (C=O) groups is 4. The first-order chi connectivity index (χ1) is 20.3. The van der Waals surface area contributed by atoms with Crippen LogP contribution in [0.4, 0.5) is 10.1 Å². The lowest BCUT2D eigenvalue weighted by Crippen LogP contribution is -2.62. The molecule has 0 aliphatic carbocycles. The van der Waals surface area contributed by atoms with Crippen molar-refractivity contribution in [2.24, 2.45) is 0 Å². The number of carbonyl (C=O) groups excluding carboxylic acids is 4. The number of fused-ring (bicyclic) bond motifs is 1. The second-order valence-corrected chi connectivity index (χ2v) is 11.6. The molecule has 2 N–H and O–H groups in total. The van der Waals surface area contributed by atoms with Gasteiger partial charge in [0.1, 0.15) is 18.5 Å². The predicted molar refractivity (Wildman–Crippen MR) is 151 cm³/mol. The fourth-order valence-corrected chi connectivity index (χ4v) is 6.37.